The highest BCUT2D eigenvalue weighted by atomic mass is 35.5. The number of pyridine rings is 1. The molecular weight excluding hydrogens is 321 g/mol. The van der Waals surface area contributed by atoms with Gasteiger partial charge in [0.05, 0.1) is 21.2 Å². The van der Waals surface area contributed by atoms with Crippen molar-refractivity contribution in [1.29, 1.82) is 0 Å². The summed E-state index contributed by atoms with van der Waals surface area (Å²) in [7, 11) is 0. The van der Waals surface area contributed by atoms with Gasteiger partial charge in [-0.15, -0.1) is 0 Å². The molecule has 0 bridgehead atoms. The van der Waals surface area contributed by atoms with Gasteiger partial charge in [0.15, 0.2) is 0 Å². The lowest BCUT2D eigenvalue weighted by molar-refractivity contribution is 0.0962. The van der Waals surface area contributed by atoms with Crippen molar-refractivity contribution >= 4 is 45.7 Å². The first-order valence-corrected chi connectivity index (χ1v) is 7.26. The van der Waals surface area contributed by atoms with Gasteiger partial charge in [-0.05, 0) is 30.3 Å². The normalized spacial score (nSPS) is 10.5. The highest BCUT2D eigenvalue weighted by Gasteiger charge is 2.08. The fourth-order valence-electron chi connectivity index (χ4n) is 2.04. The predicted molar refractivity (Wildman–Crippen MR) is 89.3 cm³/mol. The summed E-state index contributed by atoms with van der Waals surface area (Å²) >= 11 is 11.7. The van der Waals surface area contributed by atoms with Crippen LogP contribution in [0, 0.1) is 0 Å². The van der Waals surface area contributed by atoms with Crippen LogP contribution in [0.1, 0.15) is 10.4 Å². The van der Waals surface area contributed by atoms with Gasteiger partial charge in [0.25, 0.3) is 5.91 Å². The number of nitrogens with zero attached hydrogens (tertiary/aromatic N) is 1. The van der Waals surface area contributed by atoms with Crippen molar-refractivity contribution in [2.24, 2.45) is 0 Å². The number of hydrogen-bond acceptors (Lipinski definition) is 3. The van der Waals surface area contributed by atoms with Gasteiger partial charge in [-0.3, -0.25) is 20.6 Å². The number of aromatic nitrogens is 1. The SMILES string of the molecule is O=C(NNc1ccnc2ccccc12)c1ccc(Cl)c(Cl)c1. The van der Waals surface area contributed by atoms with Gasteiger partial charge in [0, 0.05) is 17.1 Å². The Labute approximate surface area is 137 Å². The highest BCUT2D eigenvalue weighted by molar-refractivity contribution is 6.42. The summed E-state index contributed by atoms with van der Waals surface area (Å²) in [6.07, 6.45) is 1.68. The maximum atomic E-state index is 12.1. The maximum absolute atomic E-state index is 12.1. The van der Waals surface area contributed by atoms with Crippen LogP contribution >= 0.6 is 23.2 Å². The summed E-state index contributed by atoms with van der Waals surface area (Å²) in [6, 6.07) is 14.2. The Morgan fingerprint density at radius 1 is 1.00 bits per heavy atom. The lowest BCUT2D eigenvalue weighted by Crippen LogP contribution is -2.29. The minimum Gasteiger partial charge on any atom is -0.298 e. The molecule has 1 amide bonds. The van der Waals surface area contributed by atoms with E-state index in [0.29, 0.717) is 15.6 Å². The summed E-state index contributed by atoms with van der Waals surface area (Å²) in [5.41, 5.74) is 7.56. The molecular formula is C16H11Cl2N3O. The van der Waals surface area contributed by atoms with Crippen molar-refractivity contribution in [3.8, 4) is 0 Å². The first-order chi connectivity index (χ1) is 10.6. The number of carbonyl (C=O) groups is 1. The highest BCUT2D eigenvalue weighted by Crippen LogP contribution is 2.23. The van der Waals surface area contributed by atoms with E-state index in [4.69, 9.17) is 23.2 Å². The number of rotatable bonds is 3. The molecule has 0 atom stereocenters. The van der Waals surface area contributed by atoms with Crippen LogP contribution in [-0.2, 0) is 0 Å². The van der Waals surface area contributed by atoms with E-state index in [-0.39, 0.29) is 5.91 Å². The van der Waals surface area contributed by atoms with Gasteiger partial charge >= 0.3 is 0 Å². The molecule has 3 rings (SSSR count). The third kappa shape index (κ3) is 2.98. The molecule has 3 aromatic rings. The van der Waals surface area contributed by atoms with Crippen LogP contribution in [0.4, 0.5) is 5.69 Å². The molecule has 0 aliphatic heterocycles. The molecule has 0 unspecified atom stereocenters. The zero-order valence-corrected chi connectivity index (χ0v) is 12.8. The van der Waals surface area contributed by atoms with Crippen LogP contribution in [0.5, 0.6) is 0 Å². The molecule has 2 N–H and O–H groups in total. The number of benzene rings is 2. The average molecular weight is 332 g/mol. The number of para-hydroxylation sites is 1. The van der Waals surface area contributed by atoms with Crippen LogP contribution in [-0.4, -0.2) is 10.9 Å². The molecule has 0 fully saturated rings. The third-order valence-corrected chi connectivity index (χ3v) is 3.88. The van der Waals surface area contributed by atoms with E-state index in [1.807, 2.05) is 24.3 Å². The average Bonchev–Trinajstić information content (AvgIpc) is 2.55. The second-order valence-corrected chi connectivity index (χ2v) is 5.40. The van der Waals surface area contributed by atoms with Crippen molar-refractivity contribution in [3.05, 3.63) is 70.3 Å². The number of hydrazine groups is 1. The molecule has 1 aromatic heterocycles. The predicted octanol–water partition coefficient (Wildman–Crippen LogP) is 4.30. The van der Waals surface area contributed by atoms with Crippen molar-refractivity contribution in [2.75, 3.05) is 5.43 Å². The fourth-order valence-corrected chi connectivity index (χ4v) is 2.34. The van der Waals surface area contributed by atoms with Gasteiger partial charge < -0.3 is 0 Å². The van der Waals surface area contributed by atoms with E-state index < -0.39 is 0 Å². The number of anilines is 1. The molecule has 110 valence electrons. The first kappa shape index (κ1) is 14.6. The van der Waals surface area contributed by atoms with Gasteiger partial charge in [0.1, 0.15) is 0 Å². The van der Waals surface area contributed by atoms with Gasteiger partial charge in [0.2, 0.25) is 0 Å². The van der Waals surface area contributed by atoms with Crippen LogP contribution < -0.4 is 10.9 Å². The quantitative estimate of drug-likeness (QED) is 0.703. The second kappa shape index (κ2) is 6.22. The smallest absolute Gasteiger partial charge is 0.269 e. The summed E-state index contributed by atoms with van der Waals surface area (Å²) < 4.78 is 0. The van der Waals surface area contributed by atoms with Crippen molar-refractivity contribution in [2.45, 2.75) is 0 Å². The topological polar surface area (TPSA) is 54.0 Å². The Kier molecular flexibility index (Phi) is 4.13. The molecule has 1 heterocycles. The van der Waals surface area contributed by atoms with Crippen molar-refractivity contribution < 1.29 is 4.79 Å². The second-order valence-electron chi connectivity index (χ2n) is 4.58. The Morgan fingerprint density at radius 2 is 1.82 bits per heavy atom. The number of hydrogen-bond donors (Lipinski definition) is 2. The van der Waals surface area contributed by atoms with E-state index >= 15 is 0 Å². The largest absolute Gasteiger partial charge is 0.298 e. The first-order valence-electron chi connectivity index (χ1n) is 6.50. The Balaban J connectivity index is 1.79. The summed E-state index contributed by atoms with van der Waals surface area (Å²) in [5, 5.41) is 1.66. The standard InChI is InChI=1S/C16H11Cl2N3O/c17-12-6-5-10(9-13(12)18)16(22)21-20-15-7-8-19-14-4-2-1-3-11(14)15/h1-9H,(H,19,20)(H,21,22). The number of amides is 1. The van der Waals surface area contributed by atoms with E-state index in [9.17, 15) is 4.79 Å². The summed E-state index contributed by atoms with van der Waals surface area (Å²) in [5.74, 6) is -0.306. The molecule has 6 heteroatoms. The maximum Gasteiger partial charge on any atom is 0.269 e. The number of halogens is 2. The van der Waals surface area contributed by atoms with Crippen LogP contribution in [0.25, 0.3) is 10.9 Å². The minimum atomic E-state index is -0.306. The Hall–Kier alpha value is -2.30. The van der Waals surface area contributed by atoms with Crippen LogP contribution in [0.15, 0.2) is 54.7 Å². The molecule has 0 radical (unpaired) electrons. The van der Waals surface area contributed by atoms with E-state index in [1.165, 1.54) is 6.07 Å². The number of nitrogens with one attached hydrogen (secondary N) is 2. The van der Waals surface area contributed by atoms with E-state index in [2.05, 4.69) is 15.8 Å². The molecule has 2 aromatic carbocycles. The summed E-state index contributed by atoms with van der Waals surface area (Å²) in [4.78, 5) is 16.4. The molecule has 0 saturated carbocycles. The van der Waals surface area contributed by atoms with Gasteiger partial charge in [-0.1, -0.05) is 41.4 Å². The number of carbonyl (C=O) groups excluding carboxylic acids is 1. The van der Waals surface area contributed by atoms with E-state index in [1.54, 1.807) is 24.4 Å². The number of fused-ring (bicyclic) bond motifs is 1. The Morgan fingerprint density at radius 3 is 2.64 bits per heavy atom. The third-order valence-electron chi connectivity index (χ3n) is 3.14. The van der Waals surface area contributed by atoms with Crippen LogP contribution in [0.3, 0.4) is 0 Å². The molecule has 0 saturated heterocycles. The zero-order chi connectivity index (χ0) is 15.5. The molecule has 4 nitrogen and oxygen atoms in total. The van der Waals surface area contributed by atoms with Gasteiger partial charge in [-0.2, -0.15) is 0 Å². The molecule has 0 aliphatic carbocycles. The lowest BCUT2D eigenvalue weighted by atomic mass is 10.2. The molecule has 0 aliphatic rings. The Bertz CT molecular complexity index is 846. The van der Waals surface area contributed by atoms with Crippen LogP contribution in [0.2, 0.25) is 10.0 Å². The monoisotopic (exact) mass is 331 g/mol. The van der Waals surface area contributed by atoms with Gasteiger partial charge in [-0.25, -0.2) is 0 Å². The van der Waals surface area contributed by atoms with E-state index in [0.717, 1.165) is 16.6 Å². The van der Waals surface area contributed by atoms with Crippen molar-refractivity contribution in [1.82, 2.24) is 10.4 Å². The molecule has 22 heavy (non-hydrogen) atoms. The summed E-state index contributed by atoms with van der Waals surface area (Å²) in [6.45, 7) is 0. The minimum absolute atomic E-state index is 0.306. The zero-order valence-electron chi connectivity index (χ0n) is 11.3. The van der Waals surface area contributed by atoms with Crippen molar-refractivity contribution in [3.63, 3.8) is 0 Å². The lowest BCUT2D eigenvalue weighted by Gasteiger charge is -2.11. The fraction of sp³-hybridized carbons (Fsp3) is 0. The molecule has 0 spiro atoms.